The number of phenols is 1. The maximum absolute atomic E-state index is 9.58. The quantitative estimate of drug-likeness (QED) is 0.838. The number of aryl methyl sites for hydroxylation is 1. The molecule has 0 spiro atoms. The van der Waals surface area contributed by atoms with Crippen LogP contribution in [0.3, 0.4) is 0 Å². The molecule has 1 heterocycles. The Morgan fingerprint density at radius 2 is 1.80 bits per heavy atom. The number of rotatable bonds is 1. The lowest BCUT2D eigenvalue weighted by atomic mass is 10.0. The lowest BCUT2D eigenvalue weighted by Crippen LogP contribution is -2.00. The van der Waals surface area contributed by atoms with Crippen molar-refractivity contribution in [3.05, 3.63) is 65.7 Å². The molecule has 0 saturated heterocycles. The highest BCUT2D eigenvalue weighted by Gasteiger charge is 2.09. The molecule has 0 unspecified atom stereocenters. The molecule has 2 heteroatoms. The Balaban J connectivity index is 1.83. The van der Waals surface area contributed by atoms with Gasteiger partial charge in [0.1, 0.15) is 11.5 Å². The van der Waals surface area contributed by atoms with E-state index in [1.807, 2.05) is 12.1 Å². The molecule has 1 aliphatic rings. The van der Waals surface area contributed by atoms with Crippen molar-refractivity contribution in [2.75, 3.05) is 6.61 Å². The van der Waals surface area contributed by atoms with Crippen LogP contribution in [-0.4, -0.2) is 11.7 Å². The average Bonchev–Trinajstić information content (AvgIpc) is 2.58. The molecule has 2 nitrogen and oxygen atoms in total. The molecule has 0 saturated carbocycles. The summed E-state index contributed by atoms with van der Waals surface area (Å²) in [5.41, 5.74) is 3.68. The summed E-state index contributed by atoms with van der Waals surface area (Å²) in [7, 11) is 0. The fraction of sp³-hybridized carbons (Fsp3) is 0.222. The van der Waals surface area contributed by atoms with Crippen LogP contribution in [0.5, 0.6) is 11.5 Å². The first kappa shape index (κ1) is 12.8. The second-order valence-corrected chi connectivity index (χ2v) is 5.02. The van der Waals surface area contributed by atoms with Gasteiger partial charge in [0.2, 0.25) is 0 Å². The SMILES string of the molecule is Oc1ccc2c(c1)CCC=C(c1ccccc1)CCO2. The topological polar surface area (TPSA) is 29.5 Å². The Labute approximate surface area is 119 Å². The maximum atomic E-state index is 9.58. The second kappa shape index (κ2) is 5.83. The van der Waals surface area contributed by atoms with Crippen LogP contribution in [0.2, 0.25) is 0 Å². The third-order valence-electron chi connectivity index (χ3n) is 3.62. The smallest absolute Gasteiger partial charge is 0.122 e. The van der Waals surface area contributed by atoms with Gasteiger partial charge >= 0.3 is 0 Å². The molecule has 1 aliphatic heterocycles. The van der Waals surface area contributed by atoms with Crippen molar-refractivity contribution in [1.29, 1.82) is 0 Å². The number of allylic oxidation sites excluding steroid dienone is 1. The van der Waals surface area contributed by atoms with Gasteiger partial charge in [0.05, 0.1) is 6.61 Å². The highest BCUT2D eigenvalue weighted by molar-refractivity contribution is 5.65. The Bertz CT molecular complexity index is 615. The zero-order chi connectivity index (χ0) is 13.8. The summed E-state index contributed by atoms with van der Waals surface area (Å²) in [4.78, 5) is 0. The van der Waals surface area contributed by atoms with E-state index in [2.05, 4.69) is 30.3 Å². The Morgan fingerprint density at radius 1 is 0.950 bits per heavy atom. The number of aromatic hydroxyl groups is 1. The third kappa shape index (κ3) is 2.85. The van der Waals surface area contributed by atoms with E-state index in [0.29, 0.717) is 12.4 Å². The van der Waals surface area contributed by atoms with Crippen molar-refractivity contribution in [2.45, 2.75) is 19.3 Å². The fourth-order valence-corrected chi connectivity index (χ4v) is 2.59. The van der Waals surface area contributed by atoms with E-state index < -0.39 is 0 Å². The van der Waals surface area contributed by atoms with E-state index in [9.17, 15) is 5.11 Å². The predicted molar refractivity (Wildman–Crippen MR) is 81.0 cm³/mol. The van der Waals surface area contributed by atoms with Crippen LogP contribution in [0.25, 0.3) is 5.57 Å². The number of hydrogen-bond acceptors (Lipinski definition) is 2. The van der Waals surface area contributed by atoms with E-state index in [1.54, 1.807) is 12.1 Å². The number of phenolic OH excluding ortho intramolecular Hbond substituents is 1. The molecule has 2 aromatic carbocycles. The van der Waals surface area contributed by atoms with Gasteiger partial charge in [0.15, 0.2) is 0 Å². The molecule has 2 aromatic rings. The lowest BCUT2D eigenvalue weighted by molar-refractivity contribution is 0.323. The molecule has 3 rings (SSSR count). The Kier molecular flexibility index (Phi) is 3.73. The van der Waals surface area contributed by atoms with Crippen molar-refractivity contribution < 1.29 is 9.84 Å². The van der Waals surface area contributed by atoms with Crippen molar-refractivity contribution in [3.8, 4) is 11.5 Å². The zero-order valence-corrected chi connectivity index (χ0v) is 11.4. The van der Waals surface area contributed by atoms with Gasteiger partial charge in [-0.05, 0) is 47.7 Å². The first-order chi connectivity index (χ1) is 9.83. The molecule has 0 atom stereocenters. The van der Waals surface area contributed by atoms with Crippen LogP contribution in [0.4, 0.5) is 0 Å². The molecule has 0 fully saturated rings. The fourth-order valence-electron chi connectivity index (χ4n) is 2.59. The minimum Gasteiger partial charge on any atom is -0.508 e. The van der Waals surface area contributed by atoms with Gasteiger partial charge in [-0.3, -0.25) is 0 Å². The van der Waals surface area contributed by atoms with Gasteiger partial charge in [-0.15, -0.1) is 0 Å². The minimum absolute atomic E-state index is 0.304. The molecule has 20 heavy (non-hydrogen) atoms. The molecule has 0 aromatic heterocycles. The van der Waals surface area contributed by atoms with Crippen LogP contribution in [0.1, 0.15) is 24.0 Å². The van der Waals surface area contributed by atoms with Crippen molar-refractivity contribution in [1.82, 2.24) is 0 Å². The van der Waals surface area contributed by atoms with Gasteiger partial charge in [-0.2, -0.15) is 0 Å². The molecule has 102 valence electrons. The second-order valence-electron chi connectivity index (χ2n) is 5.02. The standard InChI is InChI=1S/C18H18O2/c19-17-9-10-18-16(13-17)8-4-7-15(11-12-20-18)14-5-2-1-3-6-14/h1-3,5-7,9-10,13,19H,4,8,11-12H2. The molecule has 0 bridgehead atoms. The molecular weight excluding hydrogens is 248 g/mol. The van der Waals surface area contributed by atoms with E-state index in [1.165, 1.54) is 11.1 Å². The summed E-state index contributed by atoms with van der Waals surface area (Å²) in [5.74, 6) is 1.20. The summed E-state index contributed by atoms with van der Waals surface area (Å²) < 4.78 is 5.86. The summed E-state index contributed by atoms with van der Waals surface area (Å²) in [6, 6.07) is 15.8. The van der Waals surface area contributed by atoms with Crippen LogP contribution >= 0.6 is 0 Å². The maximum Gasteiger partial charge on any atom is 0.122 e. The molecular formula is C18H18O2. The van der Waals surface area contributed by atoms with Crippen LogP contribution < -0.4 is 4.74 Å². The first-order valence-electron chi connectivity index (χ1n) is 7.02. The number of ether oxygens (including phenoxy) is 1. The number of benzene rings is 2. The summed E-state index contributed by atoms with van der Waals surface area (Å²) >= 11 is 0. The highest BCUT2D eigenvalue weighted by Crippen LogP contribution is 2.28. The zero-order valence-electron chi connectivity index (χ0n) is 11.4. The van der Waals surface area contributed by atoms with E-state index in [-0.39, 0.29) is 0 Å². The minimum atomic E-state index is 0.304. The van der Waals surface area contributed by atoms with Gasteiger partial charge in [-0.25, -0.2) is 0 Å². The van der Waals surface area contributed by atoms with Crippen LogP contribution in [-0.2, 0) is 6.42 Å². The van der Waals surface area contributed by atoms with Gasteiger partial charge in [0, 0.05) is 6.42 Å². The van der Waals surface area contributed by atoms with Crippen LogP contribution in [0, 0.1) is 0 Å². The molecule has 0 radical (unpaired) electrons. The summed E-state index contributed by atoms with van der Waals surface area (Å²) in [6.45, 7) is 0.665. The third-order valence-corrected chi connectivity index (χ3v) is 3.62. The highest BCUT2D eigenvalue weighted by atomic mass is 16.5. The van der Waals surface area contributed by atoms with Gasteiger partial charge in [0.25, 0.3) is 0 Å². The first-order valence-corrected chi connectivity index (χ1v) is 7.02. The number of fused-ring (bicyclic) bond motifs is 1. The average molecular weight is 266 g/mol. The van der Waals surface area contributed by atoms with Crippen molar-refractivity contribution in [2.24, 2.45) is 0 Å². The van der Waals surface area contributed by atoms with Gasteiger partial charge < -0.3 is 9.84 Å². The molecule has 1 N–H and O–H groups in total. The van der Waals surface area contributed by atoms with Crippen molar-refractivity contribution in [3.63, 3.8) is 0 Å². The van der Waals surface area contributed by atoms with E-state index in [4.69, 9.17) is 4.74 Å². The molecule has 0 amide bonds. The van der Waals surface area contributed by atoms with Gasteiger partial charge in [-0.1, -0.05) is 36.4 Å². The van der Waals surface area contributed by atoms with Crippen LogP contribution in [0.15, 0.2) is 54.6 Å². The predicted octanol–water partition coefficient (Wildman–Crippen LogP) is 4.19. The van der Waals surface area contributed by atoms with E-state index >= 15 is 0 Å². The van der Waals surface area contributed by atoms with Crippen molar-refractivity contribution >= 4 is 5.57 Å². The van der Waals surface area contributed by atoms with E-state index in [0.717, 1.165) is 30.6 Å². The Morgan fingerprint density at radius 3 is 2.65 bits per heavy atom. The normalized spacial score (nSPS) is 15.1. The largest absolute Gasteiger partial charge is 0.508 e. The Hall–Kier alpha value is -2.22. The summed E-state index contributed by atoms with van der Waals surface area (Å²) in [6.07, 6.45) is 5.05. The number of hydrogen-bond donors (Lipinski definition) is 1. The monoisotopic (exact) mass is 266 g/mol. The molecule has 0 aliphatic carbocycles. The lowest BCUT2D eigenvalue weighted by Gasteiger charge is -2.10. The summed E-state index contributed by atoms with van der Waals surface area (Å²) in [5, 5.41) is 9.58.